The first-order chi connectivity index (χ1) is 9.27. The van der Waals surface area contributed by atoms with Crippen LogP contribution in [-0.2, 0) is 16.9 Å². The van der Waals surface area contributed by atoms with Crippen molar-refractivity contribution in [2.75, 3.05) is 13.7 Å². The van der Waals surface area contributed by atoms with E-state index in [1.807, 2.05) is 0 Å². The van der Waals surface area contributed by atoms with E-state index in [-0.39, 0.29) is 5.60 Å². The van der Waals surface area contributed by atoms with E-state index in [4.69, 9.17) is 15.0 Å². The first-order valence-corrected chi connectivity index (χ1v) is 6.27. The Labute approximate surface area is 109 Å². The lowest BCUT2D eigenvalue weighted by molar-refractivity contribution is -0.0858. The normalized spacial score (nSPS) is 17.4. The number of aromatic nitrogens is 5. The molecule has 0 saturated heterocycles. The van der Waals surface area contributed by atoms with E-state index in [2.05, 4.69) is 20.5 Å². The van der Waals surface area contributed by atoms with Gasteiger partial charge in [-0.05, 0) is 19.3 Å². The van der Waals surface area contributed by atoms with Crippen molar-refractivity contribution in [3.8, 4) is 11.6 Å². The molecule has 2 heterocycles. The molecule has 0 unspecified atom stereocenters. The summed E-state index contributed by atoms with van der Waals surface area (Å²) in [5, 5.41) is 11.9. The second-order valence-corrected chi connectivity index (χ2v) is 4.63. The molecule has 2 aromatic rings. The fourth-order valence-electron chi connectivity index (χ4n) is 2.17. The van der Waals surface area contributed by atoms with Gasteiger partial charge in [0.25, 0.3) is 5.89 Å². The molecular formula is C11H16N6O2. The average Bonchev–Trinajstić information content (AvgIpc) is 2.98. The average molecular weight is 264 g/mol. The zero-order valence-electron chi connectivity index (χ0n) is 10.7. The molecule has 0 aliphatic heterocycles. The highest BCUT2D eigenvalue weighted by Gasteiger charge is 2.43. The van der Waals surface area contributed by atoms with Gasteiger partial charge in [0, 0.05) is 13.7 Å². The summed E-state index contributed by atoms with van der Waals surface area (Å²) in [5.41, 5.74) is 5.63. The Balaban J connectivity index is 1.84. The van der Waals surface area contributed by atoms with Gasteiger partial charge in [0.05, 0.1) is 12.7 Å². The summed E-state index contributed by atoms with van der Waals surface area (Å²) in [6.07, 6.45) is 4.69. The molecular weight excluding hydrogens is 248 g/mol. The lowest BCUT2D eigenvalue weighted by Gasteiger charge is -2.37. The third-order valence-electron chi connectivity index (χ3n) is 3.50. The molecule has 0 radical (unpaired) electrons. The van der Waals surface area contributed by atoms with Crippen LogP contribution in [0.3, 0.4) is 0 Å². The zero-order chi connectivity index (χ0) is 13.3. The Hall–Kier alpha value is -1.80. The number of hydrogen-bond acceptors (Lipinski definition) is 7. The van der Waals surface area contributed by atoms with Gasteiger partial charge >= 0.3 is 0 Å². The highest BCUT2D eigenvalue weighted by atomic mass is 16.5. The van der Waals surface area contributed by atoms with Gasteiger partial charge in [-0.25, -0.2) is 0 Å². The van der Waals surface area contributed by atoms with Gasteiger partial charge in [0.2, 0.25) is 5.82 Å². The second kappa shape index (κ2) is 4.71. The highest BCUT2D eigenvalue weighted by Crippen LogP contribution is 2.43. The molecule has 1 fully saturated rings. The van der Waals surface area contributed by atoms with Gasteiger partial charge < -0.3 is 15.0 Å². The highest BCUT2D eigenvalue weighted by molar-refractivity contribution is 5.43. The number of nitrogens with two attached hydrogens (primary N) is 1. The van der Waals surface area contributed by atoms with Crippen molar-refractivity contribution >= 4 is 0 Å². The van der Waals surface area contributed by atoms with E-state index >= 15 is 0 Å². The summed E-state index contributed by atoms with van der Waals surface area (Å²) >= 11 is 0. The predicted octanol–water partition coefficient (Wildman–Crippen LogP) is 0.312. The van der Waals surface area contributed by atoms with Gasteiger partial charge in [0.1, 0.15) is 5.60 Å². The van der Waals surface area contributed by atoms with Gasteiger partial charge in [-0.1, -0.05) is 10.4 Å². The topological polar surface area (TPSA) is 105 Å². The molecule has 1 saturated carbocycles. The van der Waals surface area contributed by atoms with Crippen molar-refractivity contribution < 1.29 is 9.26 Å². The van der Waals surface area contributed by atoms with E-state index in [1.54, 1.807) is 18.0 Å². The van der Waals surface area contributed by atoms with E-state index < -0.39 is 0 Å². The third kappa shape index (κ3) is 2.02. The van der Waals surface area contributed by atoms with Crippen molar-refractivity contribution in [1.29, 1.82) is 0 Å². The summed E-state index contributed by atoms with van der Waals surface area (Å²) in [7, 11) is 1.67. The number of ether oxygens (including phenoxy) is 1. The molecule has 2 aromatic heterocycles. The van der Waals surface area contributed by atoms with Gasteiger partial charge in [-0.15, -0.1) is 5.10 Å². The second-order valence-electron chi connectivity index (χ2n) is 4.63. The van der Waals surface area contributed by atoms with Crippen LogP contribution in [0, 0.1) is 0 Å². The van der Waals surface area contributed by atoms with Crippen LogP contribution in [0.4, 0.5) is 0 Å². The first-order valence-electron chi connectivity index (χ1n) is 6.27. The van der Waals surface area contributed by atoms with Gasteiger partial charge in [0.15, 0.2) is 5.69 Å². The Morgan fingerprint density at radius 3 is 3.00 bits per heavy atom. The fourth-order valence-corrected chi connectivity index (χ4v) is 2.17. The lowest BCUT2D eigenvalue weighted by Crippen LogP contribution is -2.37. The first kappa shape index (κ1) is 12.2. The maximum absolute atomic E-state index is 5.51. The number of rotatable bonds is 5. The Bertz CT molecular complexity index is 554. The van der Waals surface area contributed by atoms with Crippen LogP contribution < -0.4 is 5.73 Å². The quantitative estimate of drug-likeness (QED) is 0.828. The Kier molecular flexibility index (Phi) is 3.03. The summed E-state index contributed by atoms with van der Waals surface area (Å²) in [5.74, 6) is 0.950. The smallest absolute Gasteiger partial charge is 0.280 e. The molecule has 102 valence electrons. The molecule has 0 bridgehead atoms. The molecule has 8 heteroatoms. The van der Waals surface area contributed by atoms with E-state index in [9.17, 15) is 0 Å². The third-order valence-corrected chi connectivity index (χ3v) is 3.50. The maximum atomic E-state index is 5.51. The van der Waals surface area contributed by atoms with Crippen molar-refractivity contribution in [3.05, 3.63) is 12.0 Å². The molecule has 0 aromatic carbocycles. The van der Waals surface area contributed by atoms with Crippen LogP contribution >= 0.6 is 0 Å². The molecule has 1 aliphatic carbocycles. The molecule has 19 heavy (non-hydrogen) atoms. The summed E-state index contributed by atoms with van der Waals surface area (Å²) in [4.78, 5) is 4.37. The van der Waals surface area contributed by atoms with Crippen LogP contribution in [0.25, 0.3) is 11.6 Å². The zero-order valence-corrected chi connectivity index (χ0v) is 10.7. The summed E-state index contributed by atoms with van der Waals surface area (Å²) in [6.45, 7) is 1.11. The van der Waals surface area contributed by atoms with Crippen molar-refractivity contribution in [2.24, 2.45) is 5.73 Å². The molecule has 0 atom stereocenters. The minimum absolute atomic E-state index is 0.363. The van der Waals surface area contributed by atoms with Crippen molar-refractivity contribution in [2.45, 2.75) is 31.4 Å². The molecule has 1 aliphatic rings. The summed E-state index contributed by atoms with van der Waals surface area (Å²) < 4.78 is 12.4. The number of hydrogen-bond donors (Lipinski definition) is 1. The van der Waals surface area contributed by atoms with E-state index in [0.717, 1.165) is 19.3 Å². The number of nitrogens with zero attached hydrogens (tertiary/aromatic N) is 5. The summed E-state index contributed by atoms with van der Waals surface area (Å²) in [6, 6.07) is 0. The van der Waals surface area contributed by atoms with Crippen LogP contribution in [0.2, 0.25) is 0 Å². The molecule has 0 amide bonds. The number of methoxy groups -OCH3 is 1. The van der Waals surface area contributed by atoms with Crippen LogP contribution in [0.5, 0.6) is 0 Å². The maximum Gasteiger partial charge on any atom is 0.280 e. The molecule has 2 N–H and O–H groups in total. The van der Waals surface area contributed by atoms with Gasteiger partial charge in [-0.3, -0.25) is 4.68 Å². The minimum Gasteiger partial charge on any atom is -0.370 e. The Morgan fingerprint density at radius 2 is 2.37 bits per heavy atom. The van der Waals surface area contributed by atoms with Gasteiger partial charge in [-0.2, -0.15) is 4.98 Å². The van der Waals surface area contributed by atoms with Crippen LogP contribution in [0.15, 0.2) is 10.7 Å². The predicted molar refractivity (Wildman–Crippen MR) is 64.9 cm³/mol. The standard InChI is InChI=1S/C11H16N6O2/c1-18-11(3-2-4-11)10-13-9(19-15-10)8-7-17(6-5-12)16-14-8/h7H,2-6,12H2,1H3. The monoisotopic (exact) mass is 264 g/mol. The van der Waals surface area contributed by atoms with Crippen molar-refractivity contribution in [3.63, 3.8) is 0 Å². The fraction of sp³-hybridized carbons (Fsp3) is 0.636. The molecule has 0 spiro atoms. The van der Waals surface area contributed by atoms with Crippen molar-refractivity contribution in [1.82, 2.24) is 25.1 Å². The van der Waals surface area contributed by atoms with Crippen LogP contribution in [0.1, 0.15) is 25.1 Å². The molecule has 8 nitrogen and oxygen atoms in total. The largest absolute Gasteiger partial charge is 0.370 e. The van der Waals surface area contributed by atoms with E-state index in [0.29, 0.717) is 30.5 Å². The van der Waals surface area contributed by atoms with E-state index in [1.165, 1.54) is 0 Å². The SMILES string of the molecule is COC1(c2noc(-c3cn(CCN)nn3)n2)CCC1. The lowest BCUT2D eigenvalue weighted by atomic mass is 9.79. The minimum atomic E-state index is -0.380. The molecule has 3 rings (SSSR count). The van der Waals surface area contributed by atoms with Crippen LogP contribution in [-0.4, -0.2) is 38.8 Å². The Morgan fingerprint density at radius 1 is 1.53 bits per heavy atom.